The summed E-state index contributed by atoms with van der Waals surface area (Å²) in [5.74, 6) is 0.338. The van der Waals surface area contributed by atoms with Crippen LogP contribution < -0.4 is 15.4 Å². The van der Waals surface area contributed by atoms with Gasteiger partial charge in [-0.05, 0) is 44.9 Å². The van der Waals surface area contributed by atoms with Crippen molar-refractivity contribution >= 4 is 17.5 Å². The summed E-state index contributed by atoms with van der Waals surface area (Å²) in [6.45, 7) is 8.83. The van der Waals surface area contributed by atoms with Crippen molar-refractivity contribution in [1.29, 1.82) is 0 Å². The Bertz CT molecular complexity index is 614. The van der Waals surface area contributed by atoms with Crippen LogP contribution in [0.2, 0.25) is 0 Å². The third-order valence-corrected chi connectivity index (χ3v) is 4.47. The van der Waals surface area contributed by atoms with Gasteiger partial charge in [-0.15, -0.1) is 0 Å². The zero-order chi connectivity index (χ0) is 17.9. The Labute approximate surface area is 143 Å². The van der Waals surface area contributed by atoms with Gasteiger partial charge in [0.25, 0.3) is 5.91 Å². The standard InChI is InChI=1S/C18H27N3O3/c1-5-14(19)13-8-9-16-15(10-13)21(18(23)12(4)24-16)11-17(22)20(6-2)7-3/h8-10,12,14H,5-7,11,19H2,1-4H3. The van der Waals surface area contributed by atoms with Crippen LogP contribution in [0.1, 0.15) is 45.7 Å². The summed E-state index contributed by atoms with van der Waals surface area (Å²) in [5, 5.41) is 0. The molecular weight excluding hydrogens is 306 g/mol. The lowest BCUT2D eigenvalue weighted by atomic mass is 10.0. The van der Waals surface area contributed by atoms with Gasteiger partial charge in [0.2, 0.25) is 5.91 Å². The van der Waals surface area contributed by atoms with Crippen LogP contribution in [-0.2, 0) is 9.59 Å². The predicted molar refractivity (Wildman–Crippen MR) is 94.0 cm³/mol. The number of hydrogen-bond donors (Lipinski definition) is 1. The van der Waals surface area contributed by atoms with Crippen LogP contribution in [0.25, 0.3) is 0 Å². The molecule has 1 heterocycles. The van der Waals surface area contributed by atoms with Crippen LogP contribution in [0, 0.1) is 0 Å². The Morgan fingerprint density at radius 1 is 1.33 bits per heavy atom. The van der Waals surface area contributed by atoms with Gasteiger partial charge >= 0.3 is 0 Å². The number of amides is 2. The van der Waals surface area contributed by atoms with E-state index in [9.17, 15) is 9.59 Å². The van der Waals surface area contributed by atoms with Crippen molar-refractivity contribution in [3.63, 3.8) is 0 Å². The predicted octanol–water partition coefficient (Wildman–Crippen LogP) is 2.08. The molecule has 2 unspecified atom stereocenters. The minimum Gasteiger partial charge on any atom is -0.479 e. The molecule has 0 saturated carbocycles. The van der Waals surface area contributed by atoms with E-state index >= 15 is 0 Å². The van der Waals surface area contributed by atoms with Gasteiger partial charge in [0, 0.05) is 19.1 Å². The second kappa shape index (κ2) is 7.66. The number of hydrogen-bond acceptors (Lipinski definition) is 4. The van der Waals surface area contributed by atoms with Gasteiger partial charge in [-0.25, -0.2) is 0 Å². The largest absolute Gasteiger partial charge is 0.479 e. The van der Waals surface area contributed by atoms with Crippen LogP contribution in [0.3, 0.4) is 0 Å². The maximum absolute atomic E-state index is 12.6. The number of carbonyl (C=O) groups excluding carboxylic acids is 2. The smallest absolute Gasteiger partial charge is 0.268 e. The summed E-state index contributed by atoms with van der Waals surface area (Å²) in [4.78, 5) is 28.3. The topological polar surface area (TPSA) is 75.9 Å². The van der Waals surface area contributed by atoms with Gasteiger partial charge in [0.15, 0.2) is 6.10 Å². The number of anilines is 1. The molecule has 0 fully saturated rings. The Morgan fingerprint density at radius 3 is 2.58 bits per heavy atom. The third kappa shape index (κ3) is 3.53. The van der Waals surface area contributed by atoms with Gasteiger partial charge < -0.3 is 15.4 Å². The highest BCUT2D eigenvalue weighted by Gasteiger charge is 2.33. The van der Waals surface area contributed by atoms with Crippen LogP contribution in [0.5, 0.6) is 5.75 Å². The molecule has 6 heteroatoms. The number of nitrogens with two attached hydrogens (primary N) is 1. The van der Waals surface area contributed by atoms with Crippen molar-refractivity contribution in [2.75, 3.05) is 24.5 Å². The molecule has 0 spiro atoms. The molecule has 1 aliphatic rings. The zero-order valence-electron chi connectivity index (χ0n) is 14.9. The summed E-state index contributed by atoms with van der Waals surface area (Å²) in [6, 6.07) is 5.51. The number of fused-ring (bicyclic) bond motifs is 1. The molecule has 1 aromatic rings. The Hall–Kier alpha value is -2.08. The lowest BCUT2D eigenvalue weighted by molar-refractivity contribution is -0.132. The fourth-order valence-electron chi connectivity index (χ4n) is 2.87. The van der Waals surface area contributed by atoms with Gasteiger partial charge in [-0.1, -0.05) is 13.0 Å². The highest BCUT2D eigenvalue weighted by Crippen LogP contribution is 2.36. The average molecular weight is 333 g/mol. The van der Waals surface area contributed by atoms with E-state index in [0.29, 0.717) is 24.5 Å². The van der Waals surface area contributed by atoms with E-state index in [-0.39, 0.29) is 24.4 Å². The second-order valence-corrected chi connectivity index (χ2v) is 5.99. The first-order valence-corrected chi connectivity index (χ1v) is 8.58. The van der Waals surface area contributed by atoms with Crippen molar-refractivity contribution < 1.29 is 14.3 Å². The van der Waals surface area contributed by atoms with E-state index in [0.717, 1.165) is 12.0 Å². The van der Waals surface area contributed by atoms with E-state index in [2.05, 4.69) is 0 Å². The summed E-state index contributed by atoms with van der Waals surface area (Å²) < 4.78 is 5.68. The van der Waals surface area contributed by atoms with Crippen molar-refractivity contribution in [2.24, 2.45) is 5.73 Å². The number of nitrogens with zero attached hydrogens (tertiary/aromatic N) is 2. The van der Waals surface area contributed by atoms with E-state index < -0.39 is 6.10 Å². The fraction of sp³-hybridized carbons (Fsp3) is 0.556. The number of ether oxygens (including phenoxy) is 1. The molecule has 24 heavy (non-hydrogen) atoms. The van der Waals surface area contributed by atoms with Crippen LogP contribution >= 0.6 is 0 Å². The molecule has 0 aromatic heterocycles. The first-order valence-electron chi connectivity index (χ1n) is 8.58. The van der Waals surface area contributed by atoms with Crippen LogP contribution in [0.4, 0.5) is 5.69 Å². The van der Waals surface area contributed by atoms with E-state index in [1.54, 1.807) is 11.8 Å². The highest BCUT2D eigenvalue weighted by molar-refractivity contribution is 6.03. The number of carbonyl (C=O) groups is 2. The van der Waals surface area contributed by atoms with Crippen LogP contribution in [-0.4, -0.2) is 42.5 Å². The minimum absolute atomic E-state index is 0.0199. The van der Waals surface area contributed by atoms with E-state index in [1.807, 2.05) is 39.0 Å². The minimum atomic E-state index is -0.604. The monoisotopic (exact) mass is 333 g/mol. The molecule has 0 radical (unpaired) electrons. The molecule has 2 atom stereocenters. The number of rotatable bonds is 6. The summed E-state index contributed by atoms with van der Waals surface area (Å²) in [6.07, 6.45) is 0.190. The quantitative estimate of drug-likeness (QED) is 0.865. The third-order valence-electron chi connectivity index (χ3n) is 4.47. The maximum atomic E-state index is 12.6. The Kier molecular flexibility index (Phi) is 5.83. The Morgan fingerprint density at radius 2 is 2.00 bits per heavy atom. The molecule has 1 aromatic carbocycles. The summed E-state index contributed by atoms with van der Waals surface area (Å²) >= 11 is 0. The molecule has 0 bridgehead atoms. The molecule has 132 valence electrons. The van der Waals surface area contributed by atoms with E-state index in [1.165, 1.54) is 4.90 Å². The second-order valence-electron chi connectivity index (χ2n) is 5.99. The van der Waals surface area contributed by atoms with Crippen molar-refractivity contribution in [1.82, 2.24) is 4.90 Å². The summed E-state index contributed by atoms with van der Waals surface area (Å²) in [7, 11) is 0. The molecule has 0 saturated heterocycles. The maximum Gasteiger partial charge on any atom is 0.268 e. The molecule has 2 rings (SSSR count). The molecule has 2 N–H and O–H groups in total. The van der Waals surface area contributed by atoms with Gasteiger partial charge in [-0.2, -0.15) is 0 Å². The SMILES string of the molecule is CCC(N)c1ccc2c(c1)N(CC(=O)N(CC)CC)C(=O)C(C)O2. The van der Waals surface area contributed by atoms with Gasteiger partial charge in [0.1, 0.15) is 12.3 Å². The highest BCUT2D eigenvalue weighted by atomic mass is 16.5. The average Bonchev–Trinajstić information content (AvgIpc) is 2.59. The zero-order valence-corrected chi connectivity index (χ0v) is 14.9. The van der Waals surface area contributed by atoms with Crippen LogP contribution in [0.15, 0.2) is 18.2 Å². The first kappa shape index (κ1) is 18.3. The fourth-order valence-corrected chi connectivity index (χ4v) is 2.87. The van der Waals surface area contributed by atoms with Crippen molar-refractivity contribution in [3.05, 3.63) is 23.8 Å². The molecular formula is C18H27N3O3. The number of likely N-dealkylation sites (N-methyl/N-ethyl adjacent to an activating group) is 1. The lowest BCUT2D eigenvalue weighted by Gasteiger charge is -2.34. The first-order chi connectivity index (χ1) is 11.4. The molecule has 2 amide bonds. The lowest BCUT2D eigenvalue weighted by Crippen LogP contribution is -2.49. The Balaban J connectivity index is 2.37. The van der Waals surface area contributed by atoms with Crippen molar-refractivity contribution in [2.45, 2.75) is 46.3 Å². The van der Waals surface area contributed by atoms with Crippen molar-refractivity contribution in [3.8, 4) is 5.75 Å². The van der Waals surface area contributed by atoms with Gasteiger partial charge in [0.05, 0.1) is 5.69 Å². The van der Waals surface area contributed by atoms with E-state index in [4.69, 9.17) is 10.5 Å². The molecule has 6 nitrogen and oxygen atoms in total. The van der Waals surface area contributed by atoms with Gasteiger partial charge in [-0.3, -0.25) is 14.5 Å². The summed E-state index contributed by atoms with van der Waals surface area (Å²) in [5.41, 5.74) is 7.67. The molecule has 1 aliphatic heterocycles. The number of benzene rings is 1. The normalized spacial score (nSPS) is 18.0. The molecule has 0 aliphatic carbocycles.